The van der Waals surface area contributed by atoms with E-state index in [2.05, 4.69) is 26.5 Å². The average Bonchev–Trinajstić information content (AvgIpc) is 2.52. The molecule has 0 spiro atoms. The molecule has 0 unspecified atom stereocenters. The van der Waals surface area contributed by atoms with Crippen molar-refractivity contribution >= 4 is 28.1 Å². The van der Waals surface area contributed by atoms with Crippen molar-refractivity contribution in [3.05, 3.63) is 57.6 Å². The summed E-state index contributed by atoms with van der Waals surface area (Å²) in [5.74, 6) is 0.530. The van der Waals surface area contributed by atoms with Crippen molar-refractivity contribution < 1.29 is 14.6 Å². The third-order valence-corrected chi connectivity index (χ3v) is 3.63. The number of halogens is 1. The molecule has 2 N–H and O–H groups in total. The zero-order valence-electron chi connectivity index (χ0n) is 12.8. The van der Waals surface area contributed by atoms with E-state index in [1.807, 2.05) is 26.0 Å². The summed E-state index contributed by atoms with van der Waals surface area (Å²) in [4.78, 5) is 11.7. The van der Waals surface area contributed by atoms with Crippen molar-refractivity contribution in [2.24, 2.45) is 5.10 Å². The standard InChI is InChI=1S/C17H17BrN2O3/c1-11-7-13(8-12(2)17(11)22)9-19-20-16(21)10-23-15-5-3-14(18)4-6-15/h3-9,22H,10H2,1-2H3,(H,20,21). The predicted molar refractivity (Wildman–Crippen MR) is 93.0 cm³/mol. The van der Waals surface area contributed by atoms with Gasteiger partial charge in [0.05, 0.1) is 6.21 Å². The van der Waals surface area contributed by atoms with Crippen molar-refractivity contribution in [2.45, 2.75) is 13.8 Å². The molecule has 2 rings (SSSR count). The van der Waals surface area contributed by atoms with Gasteiger partial charge in [-0.25, -0.2) is 5.43 Å². The highest BCUT2D eigenvalue weighted by atomic mass is 79.9. The van der Waals surface area contributed by atoms with Crippen LogP contribution in [-0.4, -0.2) is 23.8 Å². The molecule has 0 saturated carbocycles. The van der Waals surface area contributed by atoms with Gasteiger partial charge < -0.3 is 9.84 Å². The molecule has 0 aromatic heterocycles. The third-order valence-electron chi connectivity index (χ3n) is 3.10. The van der Waals surface area contributed by atoms with Gasteiger partial charge in [0.15, 0.2) is 6.61 Å². The number of carbonyl (C=O) groups is 1. The minimum Gasteiger partial charge on any atom is -0.507 e. The van der Waals surface area contributed by atoms with E-state index in [1.54, 1.807) is 24.3 Å². The Balaban J connectivity index is 1.85. The fourth-order valence-electron chi connectivity index (χ4n) is 1.95. The quantitative estimate of drug-likeness (QED) is 0.621. The fourth-order valence-corrected chi connectivity index (χ4v) is 2.22. The number of rotatable bonds is 5. The van der Waals surface area contributed by atoms with Gasteiger partial charge in [-0.2, -0.15) is 5.10 Å². The molecule has 0 atom stereocenters. The van der Waals surface area contributed by atoms with E-state index in [9.17, 15) is 9.90 Å². The zero-order chi connectivity index (χ0) is 16.8. The summed E-state index contributed by atoms with van der Waals surface area (Å²) in [5.41, 5.74) is 4.72. The highest BCUT2D eigenvalue weighted by molar-refractivity contribution is 9.10. The average molecular weight is 377 g/mol. The minimum absolute atomic E-state index is 0.118. The van der Waals surface area contributed by atoms with Gasteiger partial charge in [0.1, 0.15) is 11.5 Å². The van der Waals surface area contributed by atoms with Crippen LogP contribution in [0.3, 0.4) is 0 Å². The number of hydrazone groups is 1. The Morgan fingerprint density at radius 2 is 1.87 bits per heavy atom. The summed E-state index contributed by atoms with van der Waals surface area (Å²) in [6, 6.07) is 10.8. The summed E-state index contributed by atoms with van der Waals surface area (Å²) in [7, 11) is 0. The number of hydrogen-bond donors (Lipinski definition) is 2. The van der Waals surface area contributed by atoms with Gasteiger partial charge in [-0.1, -0.05) is 15.9 Å². The van der Waals surface area contributed by atoms with Crippen LogP contribution < -0.4 is 10.2 Å². The normalized spacial score (nSPS) is 10.7. The molecule has 0 aliphatic carbocycles. The number of amides is 1. The fraction of sp³-hybridized carbons (Fsp3) is 0.176. The molecule has 0 saturated heterocycles. The number of benzene rings is 2. The molecule has 120 valence electrons. The maximum Gasteiger partial charge on any atom is 0.277 e. The number of phenolic OH excluding ortho intramolecular Hbond substituents is 1. The molecule has 0 bridgehead atoms. The van der Waals surface area contributed by atoms with Gasteiger partial charge in [-0.05, 0) is 66.9 Å². The highest BCUT2D eigenvalue weighted by Crippen LogP contribution is 2.22. The number of ether oxygens (including phenoxy) is 1. The summed E-state index contributed by atoms with van der Waals surface area (Å²) >= 11 is 3.33. The van der Waals surface area contributed by atoms with E-state index < -0.39 is 0 Å². The third kappa shape index (κ3) is 5.10. The Labute approximate surface area is 143 Å². The van der Waals surface area contributed by atoms with Crippen LogP contribution in [0.4, 0.5) is 0 Å². The Bertz CT molecular complexity index is 704. The maximum atomic E-state index is 11.7. The number of aromatic hydroxyl groups is 1. The smallest absolute Gasteiger partial charge is 0.277 e. The topological polar surface area (TPSA) is 70.9 Å². The van der Waals surface area contributed by atoms with Gasteiger partial charge in [0.25, 0.3) is 5.91 Å². The van der Waals surface area contributed by atoms with E-state index in [1.165, 1.54) is 6.21 Å². The molecule has 0 fully saturated rings. The lowest BCUT2D eigenvalue weighted by Gasteiger charge is -2.05. The van der Waals surface area contributed by atoms with Gasteiger partial charge in [0, 0.05) is 4.47 Å². The number of aryl methyl sites for hydroxylation is 2. The van der Waals surface area contributed by atoms with Crippen LogP contribution in [0.1, 0.15) is 16.7 Å². The first-order valence-electron chi connectivity index (χ1n) is 6.96. The van der Waals surface area contributed by atoms with Crippen molar-refractivity contribution in [3.63, 3.8) is 0 Å². The second-order valence-electron chi connectivity index (χ2n) is 5.04. The lowest BCUT2D eigenvalue weighted by molar-refractivity contribution is -0.123. The first-order valence-corrected chi connectivity index (χ1v) is 7.75. The molecule has 2 aromatic rings. The number of carbonyl (C=O) groups excluding carboxylic acids is 1. The zero-order valence-corrected chi connectivity index (χ0v) is 14.4. The second kappa shape index (κ2) is 7.78. The molecular weight excluding hydrogens is 360 g/mol. The Kier molecular flexibility index (Phi) is 5.76. The summed E-state index contributed by atoms with van der Waals surface area (Å²) in [5, 5.41) is 13.6. The number of hydrogen-bond acceptors (Lipinski definition) is 4. The van der Waals surface area contributed by atoms with Crippen LogP contribution >= 0.6 is 15.9 Å². The van der Waals surface area contributed by atoms with E-state index in [0.29, 0.717) is 5.75 Å². The molecule has 1 amide bonds. The van der Waals surface area contributed by atoms with Gasteiger partial charge in [0.2, 0.25) is 0 Å². The first-order chi connectivity index (χ1) is 11.0. The molecular formula is C17H17BrN2O3. The van der Waals surface area contributed by atoms with E-state index in [0.717, 1.165) is 21.2 Å². The van der Waals surface area contributed by atoms with Crippen LogP contribution in [0, 0.1) is 13.8 Å². The van der Waals surface area contributed by atoms with Crippen molar-refractivity contribution in [1.29, 1.82) is 0 Å². The van der Waals surface area contributed by atoms with Crippen LogP contribution in [0.2, 0.25) is 0 Å². The highest BCUT2D eigenvalue weighted by Gasteiger charge is 2.03. The number of phenols is 1. The van der Waals surface area contributed by atoms with Crippen molar-refractivity contribution in [2.75, 3.05) is 6.61 Å². The Morgan fingerprint density at radius 1 is 1.26 bits per heavy atom. The monoisotopic (exact) mass is 376 g/mol. The van der Waals surface area contributed by atoms with Crippen LogP contribution in [0.25, 0.3) is 0 Å². The second-order valence-corrected chi connectivity index (χ2v) is 5.95. The summed E-state index contributed by atoms with van der Waals surface area (Å²) in [6.45, 7) is 3.50. The number of nitrogens with zero attached hydrogens (tertiary/aromatic N) is 1. The van der Waals surface area contributed by atoms with Crippen LogP contribution in [0.15, 0.2) is 46.0 Å². The van der Waals surface area contributed by atoms with E-state index >= 15 is 0 Å². The maximum absolute atomic E-state index is 11.7. The molecule has 2 aromatic carbocycles. The molecule has 6 heteroatoms. The Morgan fingerprint density at radius 3 is 2.48 bits per heavy atom. The molecule has 0 aliphatic rings. The lowest BCUT2D eigenvalue weighted by atomic mass is 10.1. The summed E-state index contributed by atoms with van der Waals surface area (Å²) in [6.07, 6.45) is 1.52. The van der Waals surface area contributed by atoms with Gasteiger partial charge in [-0.15, -0.1) is 0 Å². The summed E-state index contributed by atoms with van der Waals surface area (Å²) < 4.78 is 6.28. The molecule has 0 heterocycles. The van der Waals surface area contributed by atoms with Crippen LogP contribution in [0.5, 0.6) is 11.5 Å². The molecule has 23 heavy (non-hydrogen) atoms. The SMILES string of the molecule is Cc1cc(C=NNC(=O)COc2ccc(Br)cc2)cc(C)c1O. The lowest BCUT2D eigenvalue weighted by Crippen LogP contribution is -2.24. The van der Waals surface area contributed by atoms with Crippen molar-refractivity contribution in [1.82, 2.24) is 5.43 Å². The van der Waals surface area contributed by atoms with Crippen LogP contribution in [-0.2, 0) is 4.79 Å². The van der Waals surface area contributed by atoms with Crippen molar-refractivity contribution in [3.8, 4) is 11.5 Å². The van der Waals surface area contributed by atoms with Gasteiger partial charge >= 0.3 is 0 Å². The van der Waals surface area contributed by atoms with E-state index in [-0.39, 0.29) is 18.3 Å². The molecule has 0 aliphatic heterocycles. The van der Waals surface area contributed by atoms with E-state index in [4.69, 9.17) is 4.74 Å². The predicted octanol–water partition coefficient (Wildman–Crippen LogP) is 3.30. The molecule has 0 radical (unpaired) electrons. The Hall–Kier alpha value is -2.34. The minimum atomic E-state index is -0.351. The largest absolute Gasteiger partial charge is 0.507 e. The first kappa shape index (κ1) is 17.0. The molecule has 5 nitrogen and oxygen atoms in total. The van der Waals surface area contributed by atoms with Gasteiger partial charge in [-0.3, -0.25) is 4.79 Å². The number of nitrogens with one attached hydrogen (secondary N) is 1.